The zero-order valence-corrected chi connectivity index (χ0v) is 11.3. The van der Waals surface area contributed by atoms with Gasteiger partial charge in [0.15, 0.2) is 0 Å². The van der Waals surface area contributed by atoms with Crippen molar-refractivity contribution < 1.29 is 4.92 Å². The van der Waals surface area contributed by atoms with Crippen LogP contribution in [-0.4, -0.2) is 41.5 Å². The highest BCUT2D eigenvalue weighted by atomic mass is 16.6. The van der Waals surface area contributed by atoms with Gasteiger partial charge in [0.1, 0.15) is 12.0 Å². The van der Waals surface area contributed by atoms with Crippen LogP contribution in [-0.2, 0) is 0 Å². The minimum Gasteiger partial charge on any atom is -0.366 e. The van der Waals surface area contributed by atoms with Crippen LogP contribution in [0.3, 0.4) is 0 Å². The molecule has 0 spiro atoms. The number of nitro groups is 1. The van der Waals surface area contributed by atoms with Gasteiger partial charge in [-0.2, -0.15) is 0 Å². The second-order valence-corrected chi connectivity index (χ2v) is 4.92. The fourth-order valence-corrected chi connectivity index (χ4v) is 1.59. The van der Waals surface area contributed by atoms with E-state index in [0.717, 1.165) is 6.54 Å². The molecule has 6 heteroatoms. The van der Waals surface area contributed by atoms with Crippen LogP contribution in [0.15, 0.2) is 18.3 Å². The average Bonchev–Trinajstić information content (AvgIpc) is 2.28. The van der Waals surface area contributed by atoms with Gasteiger partial charge >= 0.3 is 0 Å². The van der Waals surface area contributed by atoms with Gasteiger partial charge in [0, 0.05) is 18.7 Å². The van der Waals surface area contributed by atoms with E-state index in [-0.39, 0.29) is 11.7 Å². The molecule has 1 aromatic heterocycles. The number of hydrogen-bond acceptors (Lipinski definition) is 5. The first-order chi connectivity index (χ1) is 8.40. The Kier molecular flexibility index (Phi) is 5.03. The molecule has 0 radical (unpaired) electrons. The van der Waals surface area contributed by atoms with Crippen LogP contribution in [0.25, 0.3) is 0 Å². The van der Waals surface area contributed by atoms with Gasteiger partial charge in [0.05, 0.1) is 4.92 Å². The molecule has 1 rings (SSSR count). The number of hydrogen-bond donors (Lipinski definition) is 1. The highest BCUT2D eigenvalue weighted by Crippen LogP contribution is 2.15. The van der Waals surface area contributed by atoms with Crippen molar-refractivity contribution in [1.82, 2.24) is 9.88 Å². The number of likely N-dealkylation sites (N-methyl/N-ethyl adjacent to an activating group) is 1. The van der Waals surface area contributed by atoms with Crippen LogP contribution in [0.1, 0.15) is 13.8 Å². The summed E-state index contributed by atoms with van der Waals surface area (Å²) in [6, 6.07) is 3.36. The predicted molar refractivity (Wildman–Crippen MR) is 71.7 cm³/mol. The van der Waals surface area contributed by atoms with E-state index in [2.05, 4.69) is 29.0 Å². The maximum absolute atomic E-state index is 10.5. The molecule has 18 heavy (non-hydrogen) atoms. The van der Waals surface area contributed by atoms with Gasteiger partial charge in [-0.15, -0.1) is 0 Å². The third-order valence-electron chi connectivity index (χ3n) is 2.66. The van der Waals surface area contributed by atoms with Crippen molar-refractivity contribution in [1.29, 1.82) is 0 Å². The lowest BCUT2D eigenvalue weighted by Gasteiger charge is -2.26. The van der Waals surface area contributed by atoms with E-state index >= 15 is 0 Å². The standard InChI is InChI=1S/C12H20N4O2/c1-9(2)11(8-15(3)4)14-12-6-5-10(7-13-12)16(17)18/h5-7,9,11H,8H2,1-4H3,(H,13,14). The van der Waals surface area contributed by atoms with Crippen molar-refractivity contribution in [2.75, 3.05) is 26.0 Å². The molecule has 0 aromatic carbocycles. The summed E-state index contributed by atoms with van der Waals surface area (Å²) < 4.78 is 0. The van der Waals surface area contributed by atoms with Crippen LogP contribution in [0, 0.1) is 16.0 Å². The van der Waals surface area contributed by atoms with E-state index in [4.69, 9.17) is 0 Å². The van der Waals surface area contributed by atoms with Gasteiger partial charge in [-0.1, -0.05) is 13.8 Å². The van der Waals surface area contributed by atoms with E-state index in [1.165, 1.54) is 12.3 Å². The molecule has 0 saturated carbocycles. The Labute approximate surface area is 107 Å². The highest BCUT2D eigenvalue weighted by Gasteiger charge is 2.15. The minimum atomic E-state index is -0.448. The van der Waals surface area contributed by atoms with E-state index in [1.807, 2.05) is 14.1 Å². The first kappa shape index (κ1) is 14.4. The third-order valence-corrected chi connectivity index (χ3v) is 2.66. The zero-order chi connectivity index (χ0) is 13.7. The van der Waals surface area contributed by atoms with Gasteiger partial charge < -0.3 is 10.2 Å². The van der Waals surface area contributed by atoms with Crippen LogP contribution in [0.2, 0.25) is 0 Å². The van der Waals surface area contributed by atoms with Gasteiger partial charge in [0.25, 0.3) is 5.69 Å². The summed E-state index contributed by atoms with van der Waals surface area (Å²) in [7, 11) is 4.03. The van der Waals surface area contributed by atoms with Crippen molar-refractivity contribution in [2.45, 2.75) is 19.9 Å². The first-order valence-corrected chi connectivity index (χ1v) is 5.92. The van der Waals surface area contributed by atoms with Crippen LogP contribution in [0.5, 0.6) is 0 Å². The summed E-state index contributed by atoms with van der Waals surface area (Å²) in [5.41, 5.74) is 0.00857. The summed E-state index contributed by atoms with van der Waals surface area (Å²) in [5, 5.41) is 13.8. The van der Waals surface area contributed by atoms with Gasteiger partial charge in [-0.25, -0.2) is 4.98 Å². The molecule has 1 atom stereocenters. The number of nitrogens with one attached hydrogen (secondary N) is 1. The molecule has 0 aliphatic rings. The molecule has 1 heterocycles. The second-order valence-electron chi connectivity index (χ2n) is 4.92. The Bertz CT molecular complexity index is 390. The van der Waals surface area contributed by atoms with Crippen LogP contribution < -0.4 is 5.32 Å². The van der Waals surface area contributed by atoms with E-state index in [9.17, 15) is 10.1 Å². The summed E-state index contributed by atoms with van der Waals surface area (Å²) in [6.45, 7) is 5.15. The predicted octanol–water partition coefficient (Wildman–Crippen LogP) is 1.99. The molecule has 0 bridgehead atoms. The Morgan fingerprint density at radius 2 is 2.11 bits per heavy atom. The molecule has 100 valence electrons. The van der Waals surface area contributed by atoms with Crippen molar-refractivity contribution in [2.24, 2.45) is 5.92 Å². The van der Waals surface area contributed by atoms with Crippen molar-refractivity contribution in [3.63, 3.8) is 0 Å². The molecular formula is C12H20N4O2. The van der Waals surface area contributed by atoms with Gasteiger partial charge in [-0.05, 0) is 26.1 Å². The molecule has 0 aliphatic carbocycles. The highest BCUT2D eigenvalue weighted by molar-refractivity contribution is 5.41. The molecule has 0 saturated heterocycles. The molecule has 1 N–H and O–H groups in total. The number of aromatic nitrogens is 1. The Balaban J connectivity index is 2.72. The normalized spacial score (nSPS) is 12.8. The summed E-state index contributed by atoms with van der Waals surface area (Å²) >= 11 is 0. The Morgan fingerprint density at radius 1 is 1.44 bits per heavy atom. The average molecular weight is 252 g/mol. The molecular weight excluding hydrogens is 232 g/mol. The van der Waals surface area contributed by atoms with Crippen molar-refractivity contribution in [3.05, 3.63) is 28.4 Å². The largest absolute Gasteiger partial charge is 0.366 e. The fourth-order valence-electron chi connectivity index (χ4n) is 1.59. The quantitative estimate of drug-likeness (QED) is 0.619. The Hall–Kier alpha value is -1.69. The molecule has 0 amide bonds. The number of pyridine rings is 1. The van der Waals surface area contributed by atoms with Gasteiger partial charge in [-0.3, -0.25) is 10.1 Å². The van der Waals surface area contributed by atoms with E-state index < -0.39 is 4.92 Å². The summed E-state index contributed by atoms with van der Waals surface area (Å²) in [6.07, 6.45) is 1.27. The Morgan fingerprint density at radius 3 is 2.50 bits per heavy atom. The van der Waals surface area contributed by atoms with E-state index in [1.54, 1.807) is 6.07 Å². The lowest BCUT2D eigenvalue weighted by Crippen LogP contribution is -2.36. The number of rotatable bonds is 6. The molecule has 0 aliphatic heterocycles. The fraction of sp³-hybridized carbons (Fsp3) is 0.583. The van der Waals surface area contributed by atoms with Gasteiger partial charge in [0.2, 0.25) is 0 Å². The second kappa shape index (κ2) is 6.30. The maximum Gasteiger partial charge on any atom is 0.287 e. The number of anilines is 1. The van der Waals surface area contributed by atoms with Crippen LogP contribution in [0.4, 0.5) is 11.5 Å². The minimum absolute atomic E-state index is 0.00857. The molecule has 1 unspecified atom stereocenters. The van der Waals surface area contributed by atoms with Crippen molar-refractivity contribution >= 4 is 11.5 Å². The topological polar surface area (TPSA) is 71.3 Å². The van der Waals surface area contributed by atoms with Crippen molar-refractivity contribution in [3.8, 4) is 0 Å². The lowest BCUT2D eigenvalue weighted by atomic mass is 10.0. The zero-order valence-electron chi connectivity index (χ0n) is 11.3. The monoisotopic (exact) mass is 252 g/mol. The number of nitrogens with zero attached hydrogens (tertiary/aromatic N) is 3. The molecule has 0 fully saturated rings. The first-order valence-electron chi connectivity index (χ1n) is 5.92. The third kappa shape index (κ3) is 4.29. The van der Waals surface area contributed by atoms with E-state index in [0.29, 0.717) is 11.7 Å². The molecule has 1 aromatic rings. The maximum atomic E-state index is 10.5. The smallest absolute Gasteiger partial charge is 0.287 e. The summed E-state index contributed by atoms with van der Waals surface area (Å²) in [4.78, 5) is 16.2. The SMILES string of the molecule is CC(C)C(CN(C)C)Nc1ccc([N+](=O)[O-])cn1. The van der Waals surface area contributed by atoms with Crippen LogP contribution >= 0.6 is 0 Å². The summed E-state index contributed by atoms with van der Waals surface area (Å²) in [5.74, 6) is 1.12. The molecule has 6 nitrogen and oxygen atoms in total. The lowest BCUT2D eigenvalue weighted by molar-refractivity contribution is -0.385.